The molecule has 1 unspecified atom stereocenters. The molecule has 1 aromatic carbocycles. The van der Waals surface area contributed by atoms with Gasteiger partial charge in [0.1, 0.15) is 5.67 Å². The summed E-state index contributed by atoms with van der Waals surface area (Å²) in [6.45, 7) is 3.68. The van der Waals surface area contributed by atoms with Gasteiger partial charge in [0.2, 0.25) is 0 Å². The first-order valence-electron chi connectivity index (χ1n) is 6.24. The Kier molecular flexibility index (Phi) is 4.05. The normalized spacial score (nSPS) is 25.6. The Balaban J connectivity index is 2.12. The second-order valence-corrected chi connectivity index (χ2v) is 5.43. The van der Waals surface area contributed by atoms with Crippen molar-refractivity contribution in [3.05, 3.63) is 34.3 Å². The van der Waals surface area contributed by atoms with E-state index in [1.807, 2.05) is 25.1 Å². The molecule has 1 atom stereocenters. The molecule has 0 amide bonds. The molecule has 0 aromatic heterocycles. The number of alkyl halides is 1. The van der Waals surface area contributed by atoms with E-state index in [9.17, 15) is 4.39 Å². The minimum absolute atomic E-state index is 0.438. The molecule has 1 nitrogen and oxygen atoms in total. The van der Waals surface area contributed by atoms with Crippen molar-refractivity contribution >= 4 is 11.6 Å². The highest BCUT2D eigenvalue weighted by molar-refractivity contribution is 6.31. The summed E-state index contributed by atoms with van der Waals surface area (Å²) >= 11 is 6.17. The Hall–Kier alpha value is -0.600. The van der Waals surface area contributed by atoms with E-state index in [1.54, 1.807) is 0 Å². The molecule has 1 heterocycles. The average molecular weight is 256 g/mol. The molecule has 94 valence electrons. The molecular formula is C14H19ClFN. The van der Waals surface area contributed by atoms with Crippen LogP contribution in [0, 0.1) is 6.92 Å². The van der Waals surface area contributed by atoms with Gasteiger partial charge in [0.25, 0.3) is 0 Å². The average Bonchev–Trinajstić information content (AvgIpc) is 2.48. The zero-order valence-electron chi connectivity index (χ0n) is 10.2. The summed E-state index contributed by atoms with van der Waals surface area (Å²) in [5.74, 6) is 0. The van der Waals surface area contributed by atoms with Gasteiger partial charge in [0.05, 0.1) is 0 Å². The largest absolute Gasteiger partial charge is 0.317 e. The van der Waals surface area contributed by atoms with Gasteiger partial charge in [-0.25, -0.2) is 4.39 Å². The number of nitrogens with one attached hydrogen (secondary N) is 1. The van der Waals surface area contributed by atoms with Crippen LogP contribution in [0.2, 0.25) is 5.02 Å². The molecule has 3 heteroatoms. The van der Waals surface area contributed by atoms with Gasteiger partial charge >= 0.3 is 0 Å². The number of hydrogen-bond acceptors (Lipinski definition) is 1. The first-order chi connectivity index (χ1) is 8.09. The Morgan fingerprint density at radius 2 is 2.18 bits per heavy atom. The lowest BCUT2D eigenvalue weighted by Crippen LogP contribution is -2.27. The first kappa shape index (κ1) is 12.8. The van der Waals surface area contributed by atoms with Crippen molar-refractivity contribution in [2.24, 2.45) is 0 Å². The fraction of sp³-hybridized carbons (Fsp3) is 0.571. The molecule has 0 saturated carbocycles. The molecule has 1 aliphatic heterocycles. The summed E-state index contributed by atoms with van der Waals surface area (Å²) < 4.78 is 14.7. The molecule has 1 saturated heterocycles. The Bertz CT molecular complexity index is 384. The lowest BCUT2D eigenvalue weighted by atomic mass is 9.89. The van der Waals surface area contributed by atoms with Gasteiger partial charge in [0, 0.05) is 11.4 Å². The van der Waals surface area contributed by atoms with Crippen molar-refractivity contribution < 1.29 is 4.39 Å². The lowest BCUT2D eigenvalue weighted by Gasteiger charge is -2.24. The number of aryl methyl sites for hydroxylation is 1. The monoisotopic (exact) mass is 255 g/mol. The van der Waals surface area contributed by atoms with Crippen molar-refractivity contribution in [3.8, 4) is 0 Å². The molecule has 1 aromatic rings. The Labute approximate surface area is 107 Å². The van der Waals surface area contributed by atoms with Crippen molar-refractivity contribution in [2.75, 3.05) is 13.1 Å². The van der Waals surface area contributed by atoms with Gasteiger partial charge in [-0.2, -0.15) is 0 Å². The topological polar surface area (TPSA) is 12.0 Å². The van der Waals surface area contributed by atoms with Crippen LogP contribution in [0.5, 0.6) is 0 Å². The maximum atomic E-state index is 14.7. The predicted octanol–water partition coefficient (Wildman–Crippen LogP) is 3.67. The van der Waals surface area contributed by atoms with Crippen LogP contribution in [-0.2, 0) is 6.42 Å². The summed E-state index contributed by atoms with van der Waals surface area (Å²) in [6, 6.07) is 5.87. The number of benzene rings is 1. The second-order valence-electron chi connectivity index (χ2n) is 5.03. The third-order valence-electron chi connectivity index (χ3n) is 3.44. The first-order valence-corrected chi connectivity index (χ1v) is 6.62. The minimum Gasteiger partial charge on any atom is -0.317 e. The van der Waals surface area contributed by atoms with E-state index in [4.69, 9.17) is 11.6 Å². The van der Waals surface area contributed by atoms with E-state index < -0.39 is 5.67 Å². The van der Waals surface area contributed by atoms with Gasteiger partial charge in [-0.3, -0.25) is 0 Å². The fourth-order valence-corrected chi connectivity index (χ4v) is 2.71. The number of rotatable bonds is 2. The number of hydrogen-bond donors (Lipinski definition) is 1. The molecule has 1 aliphatic rings. The van der Waals surface area contributed by atoms with Gasteiger partial charge in [-0.15, -0.1) is 0 Å². The summed E-state index contributed by atoms with van der Waals surface area (Å²) in [4.78, 5) is 0. The molecule has 0 aliphatic carbocycles. The van der Waals surface area contributed by atoms with Gasteiger partial charge < -0.3 is 5.32 Å². The number of halogens is 2. The van der Waals surface area contributed by atoms with E-state index in [-0.39, 0.29) is 0 Å². The van der Waals surface area contributed by atoms with Crippen molar-refractivity contribution in [3.63, 3.8) is 0 Å². The summed E-state index contributed by atoms with van der Waals surface area (Å²) in [5, 5.41) is 3.93. The van der Waals surface area contributed by atoms with Crippen LogP contribution in [0.1, 0.15) is 30.4 Å². The van der Waals surface area contributed by atoms with Gasteiger partial charge in [-0.1, -0.05) is 23.7 Å². The van der Waals surface area contributed by atoms with Crippen LogP contribution in [0.4, 0.5) is 4.39 Å². The van der Waals surface area contributed by atoms with Crippen LogP contribution < -0.4 is 5.32 Å². The van der Waals surface area contributed by atoms with E-state index in [2.05, 4.69) is 5.32 Å². The summed E-state index contributed by atoms with van der Waals surface area (Å²) in [7, 11) is 0. The zero-order valence-corrected chi connectivity index (χ0v) is 11.0. The van der Waals surface area contributed by atoms with E-state index in [0.29, 0.717) is 24.3 Å². The smallest absolute Gasteiger partial charge is 0.116 e. The molecule has 0 radical (unpaired) electrons. The van der Waals surface area contributed by atoms with Crippen LogP contribution >= 0.6 is 11.6 Å². The zero-order chi connectivity index (χ0) is 12.3. The maximum Gasteiger partial charge on any atom is 0.116 e. The highest BCUT2D eigenvalue weighted by Crippen LogP contribution is 2.31. The van der Waals surface area contributed by atoms with Crippen molar-refractivity contribution in [2.45, 2.75) is 38.3 Å². The molecule has 1 fully saturated rings. The van der Waals surface area contributed by atoms with E-state index in [1.165, 1.54) is 0 Å². The van der Waals surface area contributed by atoms with Crippen molar-refractivity contribution in [1.29, 1.82) is 0 Å². The molecule has 0 spiro atoms. The summed E-state index contributed by atoms with van der Waals surface area (Å²) in [5.41, 5.74) is 0.957. The summed E-state index contributed by atoms with van der Waals surface area (Å²) in [6.07, 6.45) is 2.55. The van der Waals surface area contributed by atoms with Gasteiger partial charge in [-0.05, 0) is 56.5 Å². The van der Waals surface area contributed by atoms with Crippen LogP contribution in [-0.4, -0.2) is 18.8 Å². The standard InChI is InChI=1S/C14H19ClFN/c1-11-3-4-12(13(15)9-11)10-14(16)5-2-7-17-8-6-14/h3-4,9,17H,2,5-8,10H2,1H3. The SMILES string of the molecule is Cc1ccc(CC2(F)CCCNCC2)c(Cl)c1. The van der Waals surface area contributed by atoms with Crippen LogP contribution in [0.3, 0.4) is 0 Å². The molecule has 2 rings (SSSR count). The van der Waals surface area contributed by atoms with Crippen molar-refractivity contribution in [1.82, 2.24) is 5.32 Å². The quantitative estimate of drug-likeness (QED) is 0.850. The molecular weight excluding hydrogens is 237 g/mol. The maximum absolute atomic E-state index is 14.7. The van der Waals surface area contributed by atoms with Gasteiger partial charge in [0.15, 0.2) is 0 Å². The second kappa shape index (κ2) is 5.36. The highest BCUT2D eigenvalue weighted by Gasteiger charge is 2.31. The Morgan fingerprint density at radius 1 is 1.35 bits per heavy atom. The molecule has 0 bridgehead atoms. The predicted molar refractivity (Wildman–Crippen MR) is 70.5 cm³/mol. The van der Waals surface area contributed by atoms with E-state index >= 15 is 0 Å². The third-order valence-corrected chi connectivity index (χ3v) is 3.80. The van der Waals surface area contributed by atoms with Crippen LogP contribution in [0.25, 0.3) is 0 Å². The molecule has 17 heavy (non-hydrogen) atoms. The fourth-order valence-electron chi connectivity index (χ4n) is 2.41. The minimum atomic E-state index is -1.09. The Morgan fingerprint density at radius 3 is 2.94 bits per heavy atom. The highest BCUT2D eigenvalue weighted by atomic mass is 35.5. The van der Waals surface area contributed by atoms with Crippen LogP contribution in [0.15, 0.2) is 18.2 Å². The third kappa shape index (κ3) is 3.43. The van der Waals surface area contributed by atoms with E-state index in [0.717, 1.165) is 30.6 Å². The lowest BCUT2D eigenvalue weighted by molar-refractivity contribution is 0.144. The molecule has 1 N–H and O–H groups in total.